The van der Waals surface area contributed by atoms with Crippen molar-refractivity contribution in [1.29, 1.82) is 0 Å². The molecule has 0 saturated carbocycles. The van der Waals surface area contributed by atoms with E-state index in [0.29, 0.717) is 11.7 Å². The van der Waals surface area contributed by atoms with E-state index in [2.05, 4.69) is 53.0 Å². The third-order valence-electron chi connectivity index (χ3n) is 5.55. The molecule has 0 saturated heterocycles. The molecule has 5 nitrogen and oxygen atoms in total. The minimum Gasteiger partial charge on any atom is -0.354 e. The number of likely N-dealkylation sites (N-methyl/N-ethyl adjacent to an activating group) is 1. The minimum absolute atomic E-state index is 0.0695. The van der Waals surface area contributed by atoms with E-state index < -0.39 is 0 Å². The lowest BCUT2D eigenvalue weighted by Gasteiger charge is -2.33. The zero-order chi connectivity index (χ0) is 18.5. The number of benzene rings is 1. The standard InChI is InChI=1S/C21H30N4O/c1-4-24(5-2)17-11-12-19-18(15-17)20(21(26)22-3)23-25(19)14-13-16-9-7-6-8-10-16/h6-10,17H,4-5,11-15H2,1-3H3,(H,22,26). The molecule has 1 aromatic carbocycles. The SMILES string of the molecule is CCN(CC)C1CCc2c(c(C(=O)NC)nn2CCc2ccccc2)C1. The molecule has 1 N–H and O–H groups in total. The Morgan fingerprint density at radius 1 is 1.27 bits per heavy atom. The van der Waals surface area contributed by atoms with Crippen LogP contribution in [0.5, 0.6) is 0 Å². The molecule has 26 heavy (non-hydrogen) atoms. The zero-order valence-corrected chi connectivity index (χ0v) is 16.2. The van der Waals surface area contributed by atoms with Crippen LogP contribution in [0.1, 0.15) is 47.6 Å². The normalized spacial score (nSPS) is 16.5. The summed E-state index contributed by atoms with van der Waals surface area (Å²) in [6.45, 7) is 7.34. The number of aryl methyl sites for hydroxylation is 2. The van der Waals surface area contributed by atoms with E-state index in [4.69, 9.17) is 5.10 Å². The van der Waals surface area contributed by atoms with Crippen molar-refractivity contribution in [2.24, 2.45) is 0 Å². The van der Waals surface area contributed by atoms with E-state index in [1.165, 1.54) is 11.3 Å². The highest BCUT2D eigenvalue weighted by Gasteiger charge is 2.30. The van der Waals surface area contributed by atoms with Crippen molar-refractivity contribution in [3.05, 3.63) is 52.8 Å². The number of amides is 1. The Bertz CT molecular complexity index is 734. The predicted molar refractivity (Wildman–Crippen MR) is 104 cm³/mol. The number of nitrogens with one attached hydrogen (secondary N) is 1. The largest absolute Gasteiger partial charge is 0.354 e. The summed E-state index contributed by atoms with van der Waals surface area (Å²) in [6, 6.07) is 11.0. The molecule has 1 aliphatic rings. The van der Waals surface area contributed by atoms with E-state index in [9.17, 15) is 4.79 Å². The molecule has 2 aromatic rings. The Balaban J connectivity index is 1.85. The van der Waals surface area contributed by atoms with E-state index in [1.54, 1.807) is 7.05 Å². The molecule has 1 atom stereocenters. The predicted octanol–water partition coefficient (Wildman–Crippen LogP) is 2.68. The van der Waals surface area contributed by atoms with Gasteiger partial charge in [-0.15, -0.1) is 0 Å². The van der Waals surface area contributed by atoms with Gasteiger partial charge in [-0.1, -0.05) is 44.2 Å². The van der Waals surface area contributed by atoms with Gasteiger partial charge in [0.15, 0.2) is 5.69 Å². The van der Waals surface area contributed by atoms with Gasteiger partial charge in [-0.2, -0.15) is 5.10 Å². The number of nitrogens with zero attached hydrogens (tertiary/aromatic N) is 3. The van der Waals surface area contributed by atoms with Crippen molar-refractivity contribution < 1.29 is 4.79 Å². The summed E-state index contributed by atoms with van der Waals surface area (Å²) in [4.78, 5) is 14.9. The Labute approximate surface area is 156 Å². The molecular formula is C21H30N4O. The molecule has 0 bridgehead atoms. The molecule has 140 valence electrons. The van der Waals surface area contributed by atoms with Crippen LogP contribution in [0.2, 0.25) is 0 Å². The van der Waals surface area contributed by atoms with Crippen molar-refractivity contribution in [1.82, 2.24) is 20.0 Å². The van der Waals surface area contributed by atoms with Gasteiger partial charge in [0.1, 0.15) is 0 Å². The molecule has 0 fully saturated rings. The first-order valence-corrected chi connectivity index (χ1v) is 9.76. The molecule has 0 aliphatic heterocycles. The molecule has 1 unspecified atom stereocenters. The topological polar surface area (TPSA) is 50.2 Å². The highest BCUT2D eigenvalue weighted by molar-refractivity contribution is 5.93. The smallest absolute Gasteiger partial charge is 0.271 e. The number of fused-ring (bicyclic) bond motifs is 1. The van der Waals surface area contributed by atoms with E-state index in [0.717, 1.165) is 50.9 Å². The fraction of sp³-hybridized carbons (Fsp3) is 0.524. The molecule has 3 rings (SSSR count). The minimum atomic E-state index is -0.0695. The second kappa shape index (κ2) is 8.49. The number of carbonyl (C=O) groups excluding carboxylic acids is 1. The number of hydrogen-bond donors (Lipinski definition) is 1. The molecule has 1 aromatic heterocycles. The van der Waals surface area contributed by atoms with Crippen LogP contribution in [0.3, 0.4) is 0 Å². The quantitative estimate of drug-likeness (QED) is 0.832. The van der Waals surface area contributed by atoms with Gasteiger partial charge in [0, 0.05) is 30.9 Å². The number of aromatic nitrogens is 2. The van der Waals surface area contributed by atoms with Crippen molar-refractivity contribution in [2.75, 3.05) is 20.1 Å². The molecule has 5 heteroatoms. The van der Waals surface area contributed by atoms with Crippen LogP contribution in [-0.2, 0) is 25.8 Å². The fourth-order valence-electron chi connectivity index (χ4n) is 4.09. The Kier molecular flexibility index (Phi) is 6.09. The van der Waals surface area contributed by atoms with E-state index in [1.807, 2.05) is 6.07 Å². The highest BCUT2D eigenvalue weighted by Crippen LogP contribution is 2.28. The summed E-state index contributed by atoms with van der Waals surface area (Å²) >= 11 is 0. The lowest BCUT2D eigenvalue weighted by atomic mass is 9.90. The average molecular weight is 354 g/mol. The van der Waals surface area contributed by atoms with Crippen LogP contribution >= 0.6 is 0 Å². The fourth-order valence-corrected chi connectivity index (χ4v) is 4.09. The number of rotatable bonds is 7. The second-order valence-electron chi connectivity index (χ2n) is 6.93. The Morgan fingerprint density at radius 2 is 2.00 bits per heavy atom. The van der Waals surface area contributed by atoms with Crippen LogP contribution in [0.4, 0.5) is 0 Å². The van der Waals surface area contributed by atoms with Gasteiger partial charge in [-0.05, 0) is 44.3 Å². The van der Waals surface area contributed by atoms with Crippen molar-refractivity contribution >= 4 is 5.91 Å². The van der Waals surface area contributed by atoms with Crippen LogP contribution < -0.4 is 5.32 Å². The molecule has 1 heterocycles. The van der Waals surface area contributed by atoms with Gasteiger partial charge in [0.25, 0.3) is 5.91 Å². The van der Waals surface area contributed by atoms with Gasteiger partial charge in [-0.25, -0.2) is 0 Å². The van der Waals surface area contributed by atoms with E-state index in [-0.39, 0.29) is 5.91 Å². The van der Waals surface area contributed by atoms with Gasteiger partial charge in [-0.3, -0.25) is 9.48 Å². The maximum Gasteiger partial charge on any atom is 0.271 e. The molecule has 0 radical (unpaired) electrons. The first kappa shape index (κ1) is 18.6. The first-order valence-electron chi connectivity index (χ1n) is 9.76. The highest BCUT2D eigenvalue weighted by atomic mass is 16.1. The van der Waals surface area contributed by atoms with Crippen molar-refractivity contribution in [3.8, 4) is 0 Å². The summed E-state index contributed by atoms with van der Waals surface area (Å²) < 4.78 is 2.07. The number of carbonyl (C=O) groups is 1. The van der Waals surface area contributed by atoms with Gasteiger partial charge in [0.2, 0.25) is 0 Å². The summed E-state index contributed by atoms with van der Waals surface area (Å²) in [6.07, 6.45) is 3.99. The second-order valence-corrected chi connectivity index (χ2v) is 6.93. The van der Waals surface area contributed by atoms with Gasteiger partial charge >= 0.3 is 0 Å². The van der Waals surface area contributed by atoms with E-state index >= 15 is 0 Å². The third kappa shape index (κ3) is 3.83. The van der Waals surface area contributed by atoms with Crippen LogP contribution in [0.25, 0.3) is 0 Å². The van der Waals surface area contributed by atoms with Crippen molar-refractivity contribution in [3.63, 3.8) is 0 Å². The van der Waals surface area contributed by atoms with Gasteiger partial charge < -0.3 is 10.2 Å². The maximum atomic E-state index is 12.4. The summed E-state index contributed by atoms with van der Waals surface area (Å²) in [5.41, 5.74) is 4.32. The third-order valence-corrected chi connectivity index (χ3v) is 5.55. The Hall–Kier alpha value is -2.14. The summed E-state index contributed by atoms with van der Waals surface area (Å²) in [7, 11) is 1.68. The zero-order valence-electron chi connectivity index (χ0n) is 16.2. The lowest BCUT2D eigenvalue weighted by Crippen LogP contribution is -2.39. The van der Waals surface area contributed by atoms with Gasteiger partial charge in [0.05, 0.1) is 0 Å². The van der Waals surface area contributed by atoms with Crippen molar-refractivity contribution in [2.45, 2.75) is 52.1 Å². The Morgan fingerprint density at radius 3 is 2.65 bits per heavy atom. The molecule has 0 spiro atoms. The lowest BCUT2D eigenvalue weighted by molar-refractivity contribution is 0.0955. The monoisotopic (exact) mass is 354 g/mol. The van der Waals surface area contributed by atoms with Crippen LogP contribution in [-0.4, -0.2) is 46.8 Å². The molecular weight excluding hydrogens is 324 g/mol. The summed E-state index contributed by atoms with van der Waals surface area (Å²) in [5, 5.41) is 7.47. The molecule has 1 aliphatic carbocycles. The molecule has 1 amide bonds. The summed E-state index contributed by atoms with van der Waals surface area (Å²) in [5.74, 6) is -0.0695. The average Bonchev–Trinajstić information content (AvgIpc) is 3.05. The van der Waals surface area contributed by atoms with Crippen LogP contribution in [0, 0.1) is 0 Å². The van der Waals surface area contributed by atoms with Crippen LogP contribution in [0.15, 0.2) is 30.3 Å². The maximum absolute atomic E-state index is 12.4. The first-order chi connectivity index (χ1) is 12.7. The number of hydrogen-bond acceptors (Lipinski definition) is 3.